The molecule has 5 heteroatoms. The van der Waals surface area contributed by atoms with Gasteiger partial charge in [-0.2, -0.15) is 0 Å². The molecule has 2 rings (SSSR count). The monoisotopic (exact) mass is 259 g/mol. The van der Waals surface area contributed by atoms with Gasteiger partial charge in [-0.15, -0.1) is 0 Å². The van der Waals surface area contributed by atoms with Crippen molar-refractivity contribution in [1.29, 1.82) is 0 Å². The zero-order valence-electron chi connectivity index (χ0n) is 9.20. The summed E-state index contributed by atoms with van der Waals surface area (Å²) in [6.07, 6.45) is 0. The quantitative estimate of drug-likeness (QED) is 0.885. The molecule has 0 saturated carbocycles. The van der Waals surface area contributed by atoms with Gasteiger partial charge < -0.3 is 5.32 Å². The second-order valence-corrected chi connectivity index (χ2v) is 6.68. The van der Waals surface area contributed by atoms with Crippen LogP contribution in [0.25, 0.3) is 0 Å². The Morgan fingerprint density at radius 2 is 2.12 bits per heavy atom. The van der Waals surface area contributed by atoms with Crippen molar-refractivity contribution in [3.8, 4) is 0 Å². The number of nitrogens with one attached hydrogen (secondary N) is 1. The lowest BCUT2D eigenvalue weighted by Crippen LogP contribution is -2.29. The molecule has 1 aromatic rings. The van der Waals surface area contributed by atoms with Crippen LogP contribution in [-0.4, -0.2) is 20.2 Å². The normalized spacial score (nSPS) is 26.7. The van der Waals surface area contributed by atoms with E-state index in [-0.39, 0.29) is 6.04 Å². The minimum atomic E-state index is -3.19. The first kappa shape index (κ1) is 11.9. The minimum Gasteiger partial charge on any atom is -0.309 e. The summed E-state index contributed by atoms with van der Waals surface area (Å²) in [5, 5.41) is 3.34. The van der Waals surface area contributed by atoms with Crippen LogP contribution in [-0.2, 0) is 9.84 Å². The third-order valence-corrected chi connectivity index (χ3v) is 5.47. The van der Waals surface area contributed by atoms with Gasteiger partial charge in [0.1, 0.15) is 0 Å². The lowest BCUT2D eigenvalue weighted by atomic mass is 10.0. The van der Waals surface area contributed by atoms with Gasteiger partial charge in [-0.25, -0.2) is 8.42 Å². The Morgan fingerprint density at radius 3 is 2.75 bits per heavy atom. The van der Waals surface area contributed by atoms with E-state index in [9.17, 15) is 8.42 Å². The molecule has 3 nitrogen and oxygen atoms in total. The first-order valence-corrected chi connectivity index (χ1v) is 7.17. The Labute approximate surface area is 101 Å². The number of benzene rings is 1. The van der Waals surface area contributed by atoms with Crippen molar-refractivity contribution in [3.05, 3.63) is 28.8 Å². The molecule has 2 atom stereocenters. The van der Waals surface area contributed by atoms with Crippen LogP contribution in [0.1, 0.15) is 25.5 Å². The Bertz CT molecular complexity index is 513. The third-order valence-electron chi connectivity index (χ3n) is 3.00. The fraction of sp³-hybridized carbons (Fsp3) is 0.455. The van der Waals surface area contributed by atoms with Gasteiger partial charge in [0, 0.05) is 5.02 Å². The molecule has 0 fully saturated rings. The fourth-order valence-corrected chi connectivity index (χ4v) is 4.10. The summed E-state index contributed by atoms with van der Waals surface area (Å²) >= 11 is 5.91. The predicted octanol–water partition coefficient (Wildman–Crippen LogP) is 2.17. The Morgan fingerprint density at radius 1 is 1.44 bits per heavy atom. The van der Waals surface area contributed by atoms with E-state index >= 15 is 0 Å². The van der Waals surface area contributed by atoms with Crippen LogP contribution in [0, 0.1) is 0 Å². The summed E-state index contributed by atoms with van der Waals surface area (Å²) in [5.74, 6) is 0. The van der Waals surface area contributed by atoms with Crippen molar-refractivity contribution in [3.63, 3.8) is 0 Å². The summed E-state index contributed by atoms with van der Waals surface area (Å²) in [5.41, 5.74) is 0.793. The van der Waals surface area contributed by atoms with E-state index in [1.165, 1.54) is 0 Å². The maximum atomic E-state index is 12.1. The van der Waals surface area contributed by atoms with Crippen molar-refractivity contribution in [2.75, 3.05) is 6.54 Å². The molecule has 0 radical (unpaired) electrons. The maximum absolute atomic E-state index is 12.1. The van der Waals surface area contributed by atoms with Crippen LogP contribution < -0.4 is 5.32 Å². The fourth-order valence-electron chi connectivity index (χ4n) is 2.15. The third kappa shape index (κ3) is 1.65. The van der Waals surface area contributed by atoms with Crippen LogP contribution in [0.5, 0.6) is 0 Å². The molecule has 2 unspecified atom stereocenters. The largest absolute Gasteiger partial charge is 0.309 e. The van der Waals surface area contributed by atoms with E-state index < -0.39 is 15.1 Å². The number of hydrogen-bond acceptors (Lipinski definition) is 3. The molecule has 1 aliphatic rings. The van der Waals surface area contributed by atoms with Gasteiger partial charge in [-0.3, -0.25) is 0 Å². The van der Waals surface area contributed by atoms with Gasteiger partial charge >= 0.3 is 0 Å². The Hall–Kier alpha value is -0.580. The van der Waals surface area contributed by atoms with Gasteiger partial charge in [-0.1, -0.05) is 18.5 Å². The zero-order valence-corrected chi connectivity index (χ0v) is 10.8. The summed E-state index contributed by atoms with van der Waals surface area (Å²) < 4.78 is 24.2. The van der Waals surface area contributed by atoms with Gasteiger partial charge in [0.15, 0.2) is 9.84 Å². The van der Waals surface area contributed by atoms with E-state index in [4.69, 9.17) is 11.6 Å². The smallest absolute Gasteiger partial charge is 0.183 e. The number of rotatable bonds is 2. The zero-order chi connectivity index (χ0) is 11.9. The molecule has 0 aliphatic carbocycles. The molecular weight excluding hydrogens is 246 g/mol. The summed E-state index contributed by atoms with van der Waals surface area (Å²) in [7, 11) is -3.19. The predicted molar refractivity (Wildman–Crippen MR) is 64.5 cm³/mol. The van der Waals surface area contributed by atoms with Gasteiger partial charge in [0.05, 0.1) is 16.2 Å². The Kier molecular flexibility index (Phi) is 2.99. The Balaban J connectivity index is 2.61. The first-order valence-electron chi connectivity index (χ1n) is 5.25. The standard InChI is InChI=1S/C11H14ClNO2S/c1-3-13-11-7(2)16(14,15)10-5-4-8(12)6-9(10)11/h4-7,11,13H,3H2,1-2H3. The molecule has 1 heterocycles. The van der Waals surface area contributed by atoms with E-state index in [0.717, 1.165) is 12.1 Å². The molecule has 88 valence electrons. The van der Waals surface area contributed by atoms with Crippen LogP contribution in [0.3, 0.4) is 0 Å². The molecule has 0 bridgehead atoms. The molecule has 1 aromatic carbocycles. The summed E-state index contributed by atoms with van der Waals surface area (Å²) in [6, 6.07) is 4.81. The van der Waals surface area contributed by atoms with Crippen LogP contribution in [0.2, 0.25) is 5.02 Å². The molecule has 0 spiro atoms. The molecule has 0 amide bonds. The number of halogens is 1. The van der Waals surface area contributed by atoms with Crippen LogP contribution >= 0.6 is 11.6 Å². The summed E-state index contributed by atoms with van der Waals surface area (Å²) in [4.78, 5) is 0.412. The van der Waals surface area contributed by atoms with Crippen LogP contribution in [0.15, 0.2) is 23.1 Å². The van der Waals surface area contributed by atoms with E-state index in [1.807, 2.05) is 6.92 Å². The lowest BCUT2D eigenvalue weighted by molar-refractivity contribution is 0.529. The van der Waals surface area contributed by atoms with Crippen molar-refractivity contribution in [2.24, 2.45) is 0 Å². The highest BCUT2D eigenvalue weighted by molar-refractivity contribution is 7.92. The minimum absolute atomic E-state index is 0.149. The second kappa shape index (κ2) is 4.02. The lowest BCUT2D eigenvalue weighted by Gasteiger charge is -2.15. The molecule has 1 N–H and O–H groups in total. The van der Waals surface area contributed by atoms with Crippen molar-refractivity contribution in [2.45, 2.75) is 30.0 Å². The van der Waals surface area contributed by atoms with Crippen molar-refractivity contribution in [1.82, 2.24) is 5.32 Å². The number of sulfone groups is 1. The average molecular weight is 260 g/mol. The molecule has 0 saturated heterocycles. The summed E-state index contributed by atoms with van der Waals surface area (Å²) in [6.45, 7) is 4.43. The topological polar surface area (TPSA) is 46.2 Å². The van der Waals surface area contributed by atoms with Crippen LogP contribution in [0.4, 0.5) is 0 Å². The van der Waals surface area contributed by atoms with E-state index in [1.54, 1.807) is 25.1 Å². The van der Waals surface area contributed by atoms with Gasteiger partial charge in [0.2, 0.25) is 0 Å². The number of fused-ring (bicyclic) bond motifs is 1. The highest BCUT2D eigenvalue weighted by Crippen LogP contribution is 2.39. The molecular formula is C11H14ClNO2S. The second-order valence-electron chi connectivity index (χ2n) is 3.97. The van der Waals surface area contributed by atoms with Gasteiger partial charge in [-0.05, 0) is 37.2 Å². The number of hydrogen-bond donors (Lipinski definition) is 1. The molecule has 0 aromatic heterocycles. The van der Waals surface area contributed by atoms with E-state index in [0.29, 0.717) is 9.92 Å². The molecule has 1 aliphatic heterocycles. The SMILES string of the molecule is CCNC1c2cc(Cl)ccc2S(=O)(=O)C1C. The van der Waals surface area contributed by atoms with Crippen molar-refractivity contribution < 1.29 is 8.42 Å². The first-order chi connectivity index (χ1) is 7.48. The van der Waals surface area contributed by atoms with E-state index in [2.05, 4.69) is 5.32 Å². The average Bonchev–Trinajstić information content (AvgIpc) is 2.40. The van der Waals surface area contributed by atoms with Crippen molar-refractivity contribution >= 4 is 21.4 Å². The molecule has 16 heavy (non-hydrogen) atoms. The highest BCUT2D eigenvalue weighted by Gasteiger charge is 2.41. The highest BCUT2D eigenvalue weighted by atomic mass is 35.5. The van der Waals surface area contributed by atoms with Gasteiger partial charge in [0.25, 0.3) is 0 Å². The maximum Gasteiger partial charge on any atom is 0.183 e.